The van der Waals surface area contributed by atoms with Crippen LogP contribution in [0.25, 0.3) is 0 Å². The number of hydrogen-bond donors (Lipinski definition) is 1. The summed E-state index contributed by atoms with van der Waals surface area (Å²) in [6, 6.07) is 12.8. The third kappa shape index (κ3) is 3.08. The van der Waals surface area contributed by atoms with Crippen LogP contribution in [0.1, 0.15) is 40.4 Å². The lowest BCUT2D eigenvalue weighted by molar-refractivity contribution is 0.0937. The molecule has 1 aromatic carbocycles. The third-order valence-electron chi connectivity index (χ3n) is 3.75. The molecular weight excluding hydrogens is 290 g/mol. The van der Waals surface area contributed by atoms with Gasteiger partial charge in [0, 0.05) is 18.3 Å². The highest BCUT2D eigenvalue weighted by atomic mass is 16.2. The number of carbonyl (C=O) groups excluding carboxylic acids is 2. The molecule has 5 heteroatoms. The molecule has 1 aromatic heterocycles. The molecule has 23 heavy (non-hydrogen) atoms. The maximum Gasteiger partial charge on any atom is 0.276 e. The van der Waals surface area contributed by atoms with Gasteiger partial charge in [0.25, 0.3) is 11.8 Å². The lowest BCUT2D eigenvalue weighted by Gasteiger charge is -2.17. The number of pyridine rings is 1. The van der Waals surface area contributed by atoms with E-state index in [-0.39, 0.29) is 29.2 Å². The molecule has 0 saturated carbocycles. The molecule has 2 aromatic rings. The van der Waals surface area contributed by atoms with E-state index < -0.39 is 0 Å². The van der Waals surface area contributed by atoms with Crippen molar-refractivity contribution in [3.8, 4) is 0 Å². The summed E-state index contributed by atoms with van der Waals surface area (Å²) in [6.45, 7) is 4.41. The van der Waals surface area contributed by atoms with Crippen LogP contribution in [0.4, 0.5) is 5.69 Å². The summed E-state index contributed by atoms with van der Waals surface area (Å²) in [7, 11) is 0. The zero-order valence-corrected chi connectivity index (χ0v) is 13.2. The van der Waals surface area contributed by atoms with Gasteiger partial charge in [0.2, 0.25) is 0 Å². The molecule has 0 unspecified atom stereocenters. The molecule has 1 aliphatic heterocycles. The van der Waals surface area contributed by atoms with Crippen molar-refractivity contribution >= 4 is 17.5 Å². The van der Waals surface area contributed by atoms with Gasteiger partial charge in [-0.2, -0.15) is 0 Å². The predicted molar refractivity (Wildman–Crippen MR) is 88.7 cm³/mol. The Labute approximate surface area is 135 Å². The molecule has 0 spiro atoms. The summed E-state index contributed by atoms with van der Waals surface area (Å²) < 4.78 is 0. The average Bonchev–Trinajstić information content (AvgIpc) is 2.97. The molecule has 0 atom stereocenters. The maximum absolute atomic E-state index is 12.7. The van der Waals surface area contributed by atoms with Gasteiger partial charge in [0.1, 0.15) is 11.4 Å². The fourth-order valence-electron chi connectivity index (χ4n) is 2.70. The van der Waals surface area contributed by atoms with Gasteiger partial charge in [-0.15, -0.1) is 0 Å². The minimum absolute atomic E-state index is 0.0223. The van der Waals surface area contributed by atoms with Crippen LogP contribution in [0.15, 0.2) is 42.5 Å². The van der Waals surface area contributed by atoms with Crippen LogP contribution in [0.3, 0.4) is 0 Å². The maximum atomic E-state index is 12.7. The van der Waals surface area contributed by atoms with Crippen LogP contribution in [-0.2, 0) is 6.42 Å². The number of nitrogens with one attached hydrogen (secondary N) is 1. The summed E-state index contributed by atoms with van der Waals surface area (Å²) >= 11 is 0. The van der Waals surface area contributed by atoms with Crippen molar-refractivity contribution in [1.29, 1.82) is 0 Å². The van der Waals surface area contributed by atoms with Crippen molar-refractivity contribution in [2.24, 2.45) is 0 Å². The van der Waals surface area contributed by atoms with E-state index in [1.807, 2.05) is 38.1 Å². The number of anilines is 1. The lowest BCUT2D eigenvalue weighted by Crippen LogP contribution is -2.33. The van der Waals surface area contributed by atoms with Gasteiger partial charge in [0.15, 0.2) is 0 Å². The van der Waals surface area contributed by atoms with E-state index in [0.29, 0.717) is 6.54 Å². The third-order valence-corrected chi connectivity index (χ3v) is 3.75. The average molecular weight is 309 g/mol. The second kappa shape index (κ2) is 6.20. The highest BCUT2D eigenvalue weighted by Crippen LogP contribution is 2.28. The second-order valence-corrected chi connectivity index (χ2v) is 5.87. The lowest BCUT2D eigenvalue weighted by atomic mass is 10.2. The topological polar surface area (TPSA) is 62.3 Å². The second-order valence-electron chi connectivity index (χ2n) is 5.87. The van der Waals surface area contributed by atoms with Crippen molar-refractivity contribution in [2.45, 2.75) is 26.3 Å². The van der Waals surface area contributed by atoms with E-state index in [2.05, 4.69) is 10.3 Å². The van der Waals surface area contributed by atoms with Gasteiger partial charge in [0.05, 0.1) is 0 Å². The molecule has 118 valence electrons. The minimum Gasteiger partial charge on any atom is -0.349 e. The van der Waals surface area contributed by atoms with Gasteiger partial charge >= 0.3 is 0 Å². The van der Waals surface area contributed by atoms with Crippen molar-refractivity contribution in [3.63, 3.8) is 0 Å². The summed E-state index contributed by atoms with van der Waals surface area (Å²) in [5.74, 6) is -0.439. The van der Waals surface area contributed by atoms with E-state index in [1.165, 1.54) is 0 Å². The summed E-state index contributed by atoms with van der Waals surface area (Å²) in [6.07, 6.45) is 0.843. The monoisotopic (exact) mass is 309 g/mol. The first-order valence-electron chi connectivity index (χ1n) is 7.74. The first-order chi connectivity index (χ1) is 11.1. The standard InChI is InChI=1S/C18H19N3O2/c1-12(2)19-17(22)14-7-5-8-15(20-14)18(23)21-11-10-13-6-3-4-9-16(13)21/h3-9,12H,10-11H2,1-2H3,(H,19,22). The van der Waals surface area contributed by atoms with Gasteiger partial charge in [-0.1, -0.05) is 24.3 Å². The molecule has 2 amide bonds. The van der Waals surface area contributed by atoms with Gasteiger partial charge in [-0.25, -0.2) is 4.98 Å². The van der Waals surface area contributed by atoms with Crippen LogP contribution in [0, 0.1) is 0 Å². The molecule has 0 radical (unpaired) electrons. The molecule has 1 aliphatic rings. The molecule has 0 saturated heterocycles. The Balaban J connectivity index is 1.85. The van der Waals surface area contributed by atoms with E-state index in [4.69, 9.17) is 0 Å². The molecule has 5 nitrogen and oxygen atoms in total. The Morgan fingerprint density at radius 1 is 1.09 bits per heavy atom. The summed E-state index contributed by atoms with van der Waals surface area (Å²) in [5, 5.41) is 2.78. The number of fused-ring (bicyclic) bond motifs is 1. The quantitative estimate of drug-likeness (QED) is 0.947. The molecule has 0 fully saturated rings. The van der Waals surface area contributed by atoms with Crippen LogP contribution in [0.5, 0.6) is 0 Å². The zero-order valence-electron chi connectivity index (χ0n) is 13.2. The van der Waals surface area contributed by atoms with Crippen LogP contribution in [-0.4, -0.2) is 29.4 Å². The van der Waals surface area contributed by atoms with Crippen LogP contribution < -0.4 is 10.2 Å². The van der Waals surface area contributed by atoms with E-state index in [1.54, 1.807) is 23.1 Å². The fraction of sp³-hybridized carbons (Fsp3) is 0.278. The first-order valence-corrected chi connectivity index (χ1v) is 7.74. The molecule has 0 aliphatic carbocycles. The number of aromatic nitrogens is 1. The largest absolute Gasteiger partial charge is 0.349 e. The first kappa shape index (κ1) is 15.2. The van der Waals surface area contributed by atoms with Gasteiger partial charge in [-0.05, 0) is 44.0 Å². The van der Waals surface area contributed by atoms with E-state index in [0.717, 1.165) is 17.7 Å². The molecule has 3 rings (SSSR count). The SMILES string of the molecule is CC(C)NC(=O)c1cccc(C(=O)N2CCc3ccccc32)n1. The number of rotatable bonds is 3. The number of para-hydroxylation sites is 1. The van der Waals surface area contributed by atoms with Gasteiger partial charge in [-0.3, -0.25) is 9.59 Å². The Bertz CT molecular complexity index is 755. The normalized spacial score (nSPS) is 13.1. The van der Waals surface area contributed by atoms with E-state index in [9.17, 15) is 9.59 Å². The highest BCUT2D eigenvalue weighted by molar-refractivity contribution is 6.06. The zero-order chi connectivity index (χ0) is 16.4. The number of amides is 2. The Morgan fingerprint density at radius 3 is 2.61 bits per heavy atom. The number of carbonyl (C=O) groups is 2. The summed E-state index contributed by atoms with van der Waals surface area (Å²) in [5.41, 5.74) is 2.64. The number of hydrogen-bond acceptors (Lipinski definition) is 3. The number of benzene rings is 1. The smallest absolute Gasteiger partial charge is 0.276 e. The molecular formula is C18H19N3O2. The number of nitrogens with zero attached hydrogens (tertiary/aromatic N) is 2. The molecule has 1 N–H and O–H groups in total. The van der Waals surface area contributed by atoms with Crippen molar-refractivity contribution in [2.75, 3.05) is 11.4 Å². The Kier molecular flexibility index (Phi) is 4.10. The van der Waals surface area contributed by atoms with Crippen LogP contribution in [0.2, 0.25) is 0 Å². The predicted octanol–water partition coefficient (Wildman–Crippen LogP) is 2.42. The van der Waals surface area contributed by atoms with Crippen molar-refractivity contribution < 1.29 is 9.59 Å². The van der Waals surface area contributed by atoms with E-state index >= 15 is 0 Å². The molecule has 0 bridgehead atoms. The highest BCUT2D eigenvalue weighted by Gasteiger charge is 2.26. The fourth-order valence-corrected chi connectivity index (χ4v) is 2.70. The Morgan fingerprint density at radius 2 is 1.83 bits per heavy atom. The van der Waals surface area contributed by atoms with Gasteiger partial charge < -0.3 is 10.2 Å². The molecule has 2 heterocycles. The van der Waals surface area contributed by atoms with Crippen LogP contribution >= 0.6 is 0 Å². The Hall–Kier alpha value is -2.69. The van der Waals surface area contributed by atoms with Crippen molar-refractivity contribution in [3.05, 3.63) is 59.4 Å². The van der Waals surface area contributed by atoms with Crippen molar-refractivity contribution in [1.82, 2.24) is 10.3 Å². The summed E-state index contributed by atoms with van der Waals surface area (Å²) in [4.78, 5) is 30.8. The minimum atomic E-state index is -0.267.